The van der Waals surface area contributed by atoms with E-state index in [-0.39, 0.29) is 52.2 Å². The Morgan fingerprint density at radius 3 is 2.25 bits per heavy atom. The second-order valence-corrected chi connectivity index (χ2v) is 22.4. The number of benzene rings is 2. The molecule has 6 nitrogen and oxygen atoms in total. The van der Waals surface area contributed by atoms with Crippen molar-refractivity contribution in [2.24, 2.45) is 45.1 Å². The monoisotopic (exact) mass is 777 g/mol. The van der Waals surface area contributed by atoms with Gasteiger partial charge in [0, 0.05) is 24.0 Å². The van der Waals surface area contributed by atoms with Crippen molar-refractivity contribution in [3.8, 4) is 0 Å². The fourth-order valence-electron chi connectivity index (χ4n) is 17.0. The smallest absolute Gasteiger partial charge is 0.227 e. The quantitative estimate of drug-likeness (QED) is 0.194. The summed E-state index contributed by atoms with van der Waals surface area (Å²) >= 11 is 0. The lowest BCUT2D eigenvalue weighted by Crippen LogP contribution is -2.66. The number of hydrogen-bond donors (Lipinski definition) is 4. The van der Waals surface area contributed by atoms with E-state index in [1.807, 2.05) is 0 Å². The highest BCUT2D eigenvalue weighted by molar-refractivity contribution is 5.86. The van der Waals surface area contributed by atoms with Crippen LogP contribution in [-0.4, -0.2) is 49.7 Å². The molecule has 1 heterocycles. The summed E-state index contributed by atoms with van der Waals surface area (Å²) in [5.74, 6) is 2.19. The van der Waals surface area contributed by atoms with Crippen LogP contribution < -0.4 is 21.7 Å². The van der Waals surface area contributed by atoms with E-state index in [0.717, 1.165) is 109 Å². The molecule has 7 heteroatoms. The molecule has 0 aromatic heterocycles. The van der Waals surface area contributed by atoms with E-state index in [1.54, 1.807) is 0 Å². The van der Waals surface area contributed by atoms with Gasteiger partial charge in [-0.3, -0.25) is 14.0 Å². The van der Waals surface area contributed by atoms with E-state index >= 15 is 4.79 Å². The topological polar surface area (TPSA) is 96.2 Å². The number of hydrogen-bond acceptors (Lipinski definition) is 4. The summed E-state index contributed by atoms with van der Waals surface area (Å²) in [7, 11) is 0. The predicted molar refractivity (Wildman–Crippen MR) is 224 cm³/mol. The van der Waals surface area contributed by atoms with E-state index in [2.05, 4.69) is 84.4 Å². The summed E-state index contributed by atoms with van der Waals surface area (Å²) < 4.78 is 14.5. The van der Waals surface area contributed by atoms with Gasteiger partial charge in [-0.05, 0) is 192 Å². The maximum atomic E-state index is 15.3. The van der Waals surface area contributed by atoms with E-state index in [1.165, 1.54) is 29.5 Å². The Bertz CT molecular complexity index is 1850. The van der Waals surface area contributed by atoms with Gasteiger partial charge in [-0.15, -0.1) is 0 Å². The number of carbonyl (C=O) groups excluding carboxylic acids is 2. The van der Waals surface area contributed by atoms with Gasteiger partial charge in [-0.1, -0.05) is 61.5 Å². The van der Waals surface area contributed by atoms with Crippen LogP contribution in [0.15, 0.2) is 54.6 Å². The number of alkyl halides is 1. The zero-order valence-corrected chi connectivity index (χ0v) is 34.9. The van der Waals surface area contributed by atoms with Crippen LogP contribution in [0.25, 0.3) is 0 Å². The zero-order chi connectivity index (χ0) is 39.3. The van der Waals surface area contributed by atoms with Gasteiger partial charge in [0.15, 0.2) is 0 Å². The van der Waals surface area contributed by atoms with Crippen molar-refractivity contribution in [2.75, 3.05) is 19.8 Å². The minimum Gasteiger partial charge on any atom is -0.353 e. The Hall–Kier alpha value is -2.77. The molecule has 9 saturated carbocycles. The number of carbonyl (C=O) groups is 2. The fourth-order valence-corrected chi connectivity index (χ4v) is 17.0. The largest absolute Gasteiger partial charge is 0.353 e. The molecule has 12 rings (SSSR count). The maximum absolute atomic E-state index is 15.3. The molecule has 2 aromatic carbocycles. The zero-order valence-electron chi connectivity index (χ0n) is 34.9. The first kappa shape index (κ1) is 38.4. The molecule has 10 aliphatic rings. The Morgan fingerprint density at radius 1 is 0.772 bits per heavy atom. The number of nitrogens with two attached hydrogens (primary N) is 1. The number of halogens is 1. The van der Waals surface area contributed by atoms with Crippen molar-refractivity contribution in [1.29, 1.82) is 0 Å². The first-order valence-electron chi connectivity index (χ1n) is 23.2. The first-order valence-corrected chi connectivity index (χ1v) is 23.2. The SMILES string of the molecule is C[C@@H]1C[C@@H](NC(=O)C23CC4C[C@@](CCF)(C2)C[C@](c2ccc(C5C6C[C@@]7(C)CC5(C(=O)N[C@H]5CC[C@@H](CN)CC5)C[C@@](c5ccccc5)(C6)C7)cc2)(C4)C3)CCN1. The number of rotatable bonds is 10. The number of piperidine rings is 1. The minimum atomic E-state index is -0.462. The average Bonchev–Trinajstić information content (AvgIpc) is 3.17. The third-order valence-corrected chi connectivity index (χ3v) is 18.1. The average molecular weight is 777 g/mol. The summed E-state index contributed by atoms with van der Waals surface area (Å²) in [6.45, 7) is 6.08. The summed E-state index contributed by atoms with van der Waals surface area (Å²) in [5, 5.41) is 10.8. The fraction of sp³-hybridized carbons (Fsp3) is 0.720. The number of amides is 2. The van der Waals surface area contributed by atoms with Crippen molar-refractivity contribution < 1.29 is 14.0 Å². The van der Waals surface area contributed by atoms with Crippen LogP contribution in [0.3, 0.4) is 0 Å². The first-order chi connectivity index (χ1) is 27.4. The van der Waals surface area contributed by atoms with Crippen LogP contribution in [-0.2, 0) is 20.4 Å². The third kappa shape index (κ3) is 6.36. The molecule has 8 bridgehead atoms. The second kappa shape index (κ2) is 13.9. The van der Waals surface area contributed by atoms with Crippen molar-refractivity contribution >= 4 is 11.8 Å². The summed E-state index contributed by atoms with van der Waals surface area (Å²) in [5.41, 5.74) is 9.21. The highest BCUT2D eigenvalue weighted by Gasteiger charge is 2.70. The third-order valence-electron chi connectivity index (χ3n) is 18.1. The van der Waals surface area contributed by atoms with Crippen LogP contribution in [0.2, 0.25) is 0 Å². The molecule has 5 unspecified atom stereocenters. The molecule has 5 N–H and O–H groups in total. The van der Waals surface area contributed by atoms with Gasteiger partial charge in [0.05, 0.1) is 17.5 Å². The van der Waals surface area contributed by atoms with Gasteiger partial charge in [-0.2, -0.15) is 0 Å². The van der Waals surface area contributed by atoms with Crippen LogP contribution in [0.4, 0.5) is 4.39 Å². The van der Waals surface area contributed by atoms with Gasteiger partial charge in [-0.25, -0.2) is 0 Å². The van der Waals surface area contributed by atoms with Gasteiger partial charge < -0.3 is 21.7 Å². The van der Waals surface area contributed by atoms with Crippen LogP contribution >= 0.6 is 0 Å². The van der Waals surface area contributed by atoms with Gasteiger partial charge in [0.25, 0.3) is 0 Å². The minimum absolute atomic E-state index is 0.0210. The molecule has 1 aliphatic heterocycles. The second-order valence-electron chi connectivity index (χ2n) is 22.4. The highest BCUT2D eigenvalue weighted by Crippen LogP contribution is 2.75. The Kier molecular flexibility index (Phi) is 9.37. The van der Waals surface area contributed by atoms with Crippen LogP contribution in [0.1, 0.15) is 152 Å². The number of nitrogens with one attached hydrogen (secondary N) is 3. The maximum Gasteiger partial charge on any atom is 0.227 e. The standard InChI is InChI=1S/C50H69FN4O2/c1-33-20-41(16-19-53-33)55-43(56)49-23-35-21-46(30-49,17-18-51)29-47(22-35,31-49)39-12-10-36(11-13-39)42-37-24-45(2)27-48(25-37,38-6-4-3-5-7-38)32-50(42,28-45)44(57)54-40-14-8-34(26-52)9-15-40/h3-7,10-13,33-35,37,40-42,53H,8-9,14-32,52H2,1-2H3,(H,54,57)(H,55,56)/t33-,34-,35?,37?,40+,41+,42?,45-,46-,47-,48-,49?,50?/m1/s1. The lowest BCUT2D eigenvalue weighted by molar-refractivity contribution is -0.168. The van der Waals surface area contributed by atoms with Crippen molar-refractivity contribution in [1.82, 2.24) is 16.0 Å². The molecule has 2 aromatic rings. The molecule has 0 radical (unpaired) electrons. The van der Waals surface area contributed by atoms with E-state index in [9.17, 15) is 9.18 Å². The summed E-state index contributed by atoms with van der Waals surface area (Å²) in [4.78, 5) is 29.8. The predicted octanol–water partition coefficient (Wildman–Crippen LogP) is 8.77. The normalized spacial score (nSPS) is 45.5. The Balaban J connectivity index is 0.981. The molecule has 10 fully saturated rings. The lowest BCUT2D eigenvalue weighted by atomic mass is 9.35. The van der Waals surface area contributed by atoms with E-state index < -0.39 is 10.8 Å². The summed E-state index contributed by atoms with van der Waals surface area (Å²) in [6, 6.07) is 21.7. The van der Waals surface area contributed by atoms with Crippen molar-refractivity contribution in [3.63, 3.8) is 0 Å². The Labute approximate surface area is 341 Å². The van der Waals surface area contributed by atoms with E-state index in [4.69, 9.17) is 5.73 Å². The molecule has 9 aliphatic carbocycles. The highest BCUT2D eigenvalue weighted by atomic mass is 19.1. The van der Waals surface area contributed by atoms with Crippen LogP contribution in [0, 0.1) is 39.4 Å². The molecule has 0 spiro atoms. The van der Waals surface area contributed by atoms with Gasteiger partial charge in [0.1, 0.15) is 0 Å². The van der Waals surface area contributed by atoms with Crippen molar-refractivity contribution in [2.45, 2.75) is 164 Å². The van der Waals surface area contributed by atoms with E-state index in [0.29, 0.717) is 36.1 Å². The summed E-state index contributed by atoms with van der Waals surface area (Å²) in [6.07, 6.45) is 17.9. The van der Waals surface area contributed by atoms with Crippen molar-refractivity contribution in [3.05, 3.63) is 71.3 Å². The van der Waals surface area contributed by atoms with Gasteiger partial charge >= 0.3 is 0 Å². The molecule has 11 atom stereocenters. The molecule has 1 saturated heterocycles. The molecule has 57 heavy (non-hydrogen) atoms. The molecule has 308 valence electrons. The molecular formula is C50H69FN4O2. The lowest BCUT2D eigenvalue weighted by Gasteiger charge is -2.69. The Morgan fingerprint density at radius 2 is 1.51 bits per heavy atom. The molecule has 2 amide bonds. The van der Waals surface area contributed by atoms with Gasteiger partial charge in [0.2, 0.25) is 11.8 Å². The van der Waals surface area contributed by atoms with Crippen LogP contribution in [0.5, 0.6) is 0 Å². The molecular weight excluding hydrogens is 708 g/mol.